The molecule has 0 rings (SSSR count). The lowest BCUT2D eigenvalue weighted by atomic mass is 10.5. The van der Waals surface area contributed by atoms with E-state index < -0.39 is 7.69 Å². The van der Waals surface area contributed by atoms with Gasteiger partial charge in [0.05, 0.1) is 0 Å². The van der Waals surface area contributed by atoms with Crippen molar-refractivity contribution in [3.63, 3.8) is 0 Å². The van der Waals surface area contributed by atoms with E-state index in [1.807, 2.05) is 0 Å². The predicted octanol–water partition coefficient (Wildman–Crippen LogP) is -2.59. The van der Waals surface area contributed by atoms with Gasteiger partial charge in [0, 0.05) is 0 Å². The topological polar surface area (TPSA) is 72.0 Å². The Hall–Kier alpha value is -0.0551. The second-order valence-electron chi connectivity index (χ2n) is 0.141. The van der Waals surface area contributed by atoms with E-state index in [1.165, 1.54) is 0 Å². The third-order valence-corrected chi connectivity index (χ3v) is 0. The van der Waals surface area contributed by atoms with Crippen LogP contribution >= 0.6 is 0 Å². The highest BCUT2D eigenvalue weighted by molar-refractivity contribution is 6.13. The van der Waals surface area contributed by atoms with E-state index in [-0.39, 0.29) is 5.48 Å². The molecule has 4 heavy (non-hydrogen) atoms. The van der Waals surface area contributed by atoms with Crippen molar-refractivity contribution in [1.82, 2.24) is 0 Å². The monoisotopic (exact) mass is 64.0 g/mol. The molecule has 0 aliphatic carbocycles. The summed E-state index contributed by atoms with van der Waals surface area (Å²) in [5.74, 6) is 0. The summed E-state index contributed by atoms with van der Waals surface area (Å²) in [6.45, 7) is 0. The van der Waals surface area contributed by atoms with E-state index in [2.05, 4.69) is 0 Å². The van der Waals surface area contributed by atoms with Gasteiger partial charge in [-0.3, -0.25) is 0 Å². The molecule has 0 bridgehead atoms. The third kappa shape index (κ3) is 573. The van der Waals surface area contributed by atoms with Crippen molar-refractivity contribution in [3.8, 4) is 0 Å². The Kier molecular flexibility index (Phi) is 28.2. The summed E-state index contributed by atoms with van der Waals surface area (Å²) in [6, 6.07) is 0. The Morgan fingerprint density at radius 1 is 1.25 bits per heavy atom. The van der Waals surface area contributed by atoms with Crippen LogP contribution in [0.4, 0.5) is 0 Å². The van der Waals surface area contributed by atoms with Crippen LogP contribution in [0.1, 0.15) is 0 Å². The first kappa shape index (κ1) is 9.04. The molecule has 0 unspecified atom stereocenters. The van der Waals surface area contributed by atoms with Crippen LogP contribution in [0.25, 0.3) is 0 Å². The lowest BCUT2D eigenvalue weighted by Gasteiger charge is -1.48. The zero-order chi connectivity index (χ0) is 2.71. The zero-order valence-electron chi connectivity index (χ0n) is 2.10. The largest absolute Gasteiger partial charge is 0.432 e. The highest BCUT2D eigenvalue weighted by Gasteiger charge is 1.48. The third-order valence-electron chi connectivity index (χ3n) is 0. The molecular formula is H5BO3. The van der Waals surface area contributed by atoms with Gasteiger partial charge in [-0.05, 0) is 0 Å². The van der Waals surface area contributed by atoms with Crippen LogP contribution in [-0.2, 0) is 0 Å². The first-order valence-electron chi connectivity index (χ1n) is 0.632. The molecule has 26 valence electrons. The summed E-state index contributed by atoms with van der Waals surface area (Å²) in [5.41, 5.74) is 0. The molecule has 0 aliphatic heterocycles. The molecule has 4 heteroatoms. The minimum Gasteiger partial charge on any atom is -0.430 e. The van der Waals surface area contributed by atoms with Crippen LogP contribution in [0.15, 0.2) is 0 Å². The van der Waals surface area contributed by atoms with Gasteiger partial charge in [0.1, 0.15) is 0 Å². The van der Waals surface area contributed by atoms with Crippen molar-refractivity contribution in [2.24, 2.45) is 0 Å². The van der Waals surface area contributed by atoms with Gasteiger partial charge in [-0.2, -0.15) is 0 Å². The quantitative estimate of drug-likeness (QED) is 0.303. The molecule has 0 amide bonds. The van der Waals surface area contributed by atoms with E-state index in [0.717, 1.165) is 0 Å². The van der Waals surface area contributed by atoms with Crippen molar-refractivity contribution < 1.29 is 15.5 Å². The summed E-state index contributed by atoms with van der Waals surface area (Å²) < 4.78 is 0. The first-order chi connectivity index (χ1) is 1.41. The van der Waals surface area contributed by atoms with Gasteiger partial charge < -0.3 is 15.5 Å². The van der Waals surface area contributed by atoms with Crippen molar-refractivity contribution >= 4 is 7.69 Å². The van der Waals surface area contributed by atoms with Gasteiger partial charge in [-0.1, -0.05) is 0 Å². The minimum absolute atomic E-state index is 0. The van der Waals surface area contributed by atoms with Gasteiger partial charge in [0.15, 0.2) is 0 Å². The molecule has 0 heterocycles. The van der Waals surface area contributed by atoms with Gasteiger partial charge >= 0.3 is 7.69 Å². The van der Waals surface area contributed by atoms with Crippen molar-refractivity contribution in [2.75, 3.05) is 0 Å². The SMILES string of the molecule is O.OBO. The molecule has 0 atom stereocenters. The molecule has 0 saturated carbocycles. The fraction of sp³-hybridized carbons (Fsp3) is 0. The van der Waals surface area contributed by atoms with E-state index in [4.69, 9.17) is 10.0 Å². The van der Waals surface area contributed by atoms with E-state index in [1.54, 1.807) is 0 Å². The lowest BCUT2D eigenvalue weighted by Crippen LogP contribution is -1.75. The van der Waals surface area contributed by atoms with E-state index in [0.29, 0.717) is 0 Å². The second-order valence-corrected chi connectivity index (χ2v) is 0.141. The predicted molar refractivity (Wildman–Crippen MR) is 15.2 cm³/mol. The zero-order valence-corrected chi connectivity index (χ0v) is 2.10. The number of hydrogen-bond donors (Lipinski definition) is 2. The summed E-state index contributed by atoms with van der Waals surface area (Å²) >= 11 is 0. The number of rotatable bonds is 0. The normalized spacial score (nSPS) is 3.50. The lowest BCUT2D eigenvalue weighted by molar-refractivity contribution is 0.448. The maximum Gasteiger partial charge on any atom is 0.432 e. The highest BCUT2D eigenvalue weighted by Crippen LogP contribution is 1.08. The summed E-state index contributed by atoms with van der Waals surface area (Å²) in [6.07, 6.45) is 0. The molecule has 0 aromatic rings. The first-order valence-corrected chi connectivity index (χ1v) is 0.632. The molecule has 0 aromatic heterocycles. The number of hydrogen-bond acceptors (Lipinski definition) is 2. The van der Waals surface area contributed by atoms with Crippen LogP contribution in [0.3, 0.4) is 0 Å². The Balaban J connectivity index is 0. The van der Waals surface area contributed by atoms with Crippen molar-refractivity contribution in [2.45, 2.75) is 0 Å². The maximum absolute atomic E-state index is 7.12. The van der Waals surface area contributed by atoms with Crippen LogP contribution in [0.5, 0.6) is 0 Å². The molecule has 0 fully saturated rings. The minimum atomic E-state index is -0.750. The van der Waals surface area contributed by atoms with Crippen LogP contribution in [0, 0.1) is 0 Å². The molecule has 3 nitrogen and oxygen atoms in total. The van der Waals surface area contributed by atoms with Crippen LogP contribution in [-0.4, -0.2) is 23.2 Å². The summed E-state index contributed by atoms with van der Waals surface area (Å²) in [4.78, 5) is 0. The Morgan fingerprint density at radius 2 is 1.25 bits per heavy atom. The fourth-order valence-corrected chi connectivity index (χ4v) is 0. The standard InChI is InChI=1S/BH3O2.H2O/c2-1-3;/h1-3H;1H2. The van der Waals surface area contributed by atoms with Gasteiger partial charge in [-0.15, -0.1) is 0 Å². The molecular weight excluding hydrogens is 58.8 g/mol. The Labute approximate surface area is 24.5 Å². The fourth-order valence-electron chi connectivity index (χ4n) is 0. The molecule has 0 aromatic carbocycles. The summed E-state index contributed by atoms with van der Waals surface area (Å²) in [5, 5.41) is 14.2. The van der Waals surface area contributed by atoms with Gasteiger partial charge in [0.25, 0.3) is 0 Å². The van der Waals surface area contributed by atoms with Crippen molar-refractivity contribution in [1.29, 1.82) is 0 Å². The van der Waals surface area contributed by atoms with Gasteiger partial charge in [0.2, 0.25) is 0 Å². The molecule has 4 N–H and O–H groups in total. The van der Waals surface area contributed by atoms with Crippen LogP contribution in [0.2, 0.25) is 0 Å². The van der Waals surface area contributed by atoms with Crippen LogP contribution < -0.4 is 0 Å². The Morgan fingerprint density at radius 3 is 1.25 bits per heavy atom. The second kappa shape index (κ2) is 12.5. The molecule has 0 radical (unpaired) electrons. The highest BCUT2D eigenvalue weighted by atomic mass is 16.4. The average Bonchev–Trinajstić information content (AvgIpc) is 0.918. The Bertz CT molecular complexity index is 3.25. The van der Waals surface area contributed by atoms with Crippen molar-refractivity contribution in [3.05, 3.63) is 0 Å². The van der Waals surface area contributed by atoms with Gasteiger partial charge in [-0.25, -0.2) is 0 Å². The average molecular weight is 63.8 g/mol. The maximum atomic E-state index is 7.12. The van der Waals surface area contributed by atoms with E-state index >= 15 is 0 Å². The smallest absolute Gasteiger partial charge is 0.430 e. The molecule has 0 aliphatic rings. The molecule has 0 saturated heterocycles. The summed E-state index contributed by atoms with van der Waals surface area (Å²) in [7, 11) is -0.750. The van der Waals surface area contributed by atoms with E-state index in [9.17, 15) is 0 Å². The molecule has 0 spiro atoms.